The lowest BCUT2D eigenvalue weighted by Crippen LogP contribution is -2.18. The van der Waals surface area contributed by atoms with Crippen molar-refractivity contribution >= 4 is 17.7 Å². The molecule has 1 aromatic heterocycles. The van der Waals surface area contributed by atoms with Gasteiger partial charge in [-0.05, 0) is 0 Å². The number of hydrogen-bond acceptors (Lipinski definition) is 6. The number of nitrogen functional groups attached to an aromatic ring is 1. The van der Waals surface area contributed by atoms with Gasteiger partial charge in [-0.3, -0.25) is 0 Å². The molecule has 0 amide bonds. The maximum absolute atomic E-state index is 5.49. The third kappa shape index (κ3) is 2.07. The van der Waals surface area contributed by atoms with Crippen molar-refractivity contribution in [3.63, 3.8) is 0 Å². The third-order valence-electron chi connectivity index (χ3n) is 1.71. The van der Waals surface area contributed by atoms with Gasteiger partial charge in [0.25, 0.3) is 0 Å². The highest BCUT2D eigenvalue weighted by Gasteiger charge is 2.19. The molecule has 1 aliphatic heterocycles. The predicted octanol–water partition coefficient (Wildman–Crippen LogP) is 0.258. The molecular weight excluding hydrogens is 188 g/mol. The van der Waals surface area contributed by atoms with Crippen LogP contribution in [0.15, 0.2) is 6.33 Å². The van der Waals surface area contributed by atoms with Crippen LogP contribution in [0, 0.1) is 0 Å². The van der Waals surface area contributed by atoms with Gasteiger partial charge in [-0.2, -0.15) is 16.7 Å². The molecule has 13 heavy (non-hydrogen) atoms. The summed E-state index contributed by atoms with van der Waals surface area (Å²) in [6.45, 7) is 0.751. The first-order valence-electron chi connectivity index (χ1n) is 4.00. The molecule has 0 saturated carbocycles. The fraction of sp³-hybridized carbons (Fsp3) is 0.571. The average molecular weight is 198 g/mol. The molecule has 1 atom stereocenters. The predicted molar refractivity (Wildman–Crippen MR) is 50.3 cm³/mol. The first kappa shape index (κ1) is 8.71. The summed E-state index contributed by atoms with van der Waals surface area (Å²) in [5, 5.41) is 0. The Morgan fingerprint density at radius 3 is 3.15 bits per heavy atom. The molecule has 1 aliphatic rings. The second-order valence-electron chi connectivity index (χ2n) is 2.64. The zero-order valence-electron chi connectivity index (χ0n) is 7.01. The molecule has 6 heteroatoms. The second-order valence-corrected chi connectivity index (χ2v) is 3.79. The summed E-state index contributed by atoms with van der Waals surface area (Å²) in [7, 11) is 0. The van der Waals surface area contributed by atoms with Gasteiger partial charge in [0, 0.05) is 11.5 Å². The van der Waals surface area contributed by atoms with E-state index in [1.807, 2.05) is 11.8 Å². The molecule has 0 spiro atoms. The number of ether oxygens (including phenoxy) is 1. The molecule has 5 nitrogen and oxygen atoms in total. The van der Waals surface area contributed by atoms with Crippen molar-refractivity contribution in [2.24, 2.45) is 0 Å². The number of nitrogens with two attached hydrogens (primary N) is 1. The first-order chi connectivity index (χ1) is 6.36. The molecule has 2 N–H and O–H groups in total. The molecule has 70 valence electrons. The molecule has 1 fully saturated rings. The van der Waals surface area contributed by atoms with Crippen LogP contribution in [0.1, 0.15) is 11.9 Å². The third-order valence-corrected chi connectivity index (χ3v) is 2.71. The first-order valence-corrected chi connectivity index (χ1v) is 5.15. The Bertz CT molecular complexity index is 290. The van der Waals surface area contributed by atoms with Crippen molar-refractivity contribution in [2.45, 2.75) is 6.10 Å². The van der Waals surface area contributed by atoms with Crippen molar-refractivity contribution in [1.29, 1.82) is 0 Å². The quantitative estimate of drug-likeness (QED) is 0.697. The summed E-state index contributed by atoms with van der Waals surface area (Å²) in [5.74, 6) is 2.82. The summed E-state index contributed by atoms with van der Waals surface area (Å²) in [6, 6.07) is 0. The number of aromatic nitrogens is 3. The van der Waals surface area contributed by atoms with Gasteiger partial charge in [0.05, 0.1) is 6.61 Å². The molecule has 2 rings (SSSR count). The van der Waals surface area contributed by atoms with E-state index in [-0.39, 0.29) is 12.1 Å². The van der Waals surface area contributed by atoms with Crippen LogP contribution in [0.2, 0.25) is 0 Å². The van der Waals surface area contributed by atoms with Crippen molar-refractivity contribution in [3.05, 3.63) is 12.2 Å². The second kappa shape index (κ2) is 3.89. The lowest BCUT2D eigenvalue weighted by atomic mass is 10.4. The van der Waals surface area contributed by atoms with E-state index in [1.165, 1.54) is 6.33 Å². The van der Waals surface area contributed by atoms with Gasteiger partial charge in [-0.1, -0.05) is 0 Å². The van der Waals surface area contributed by atoms with Gasteiger partial charge >= 0.3 is 0 Å². The number of anilines is 1. The molecule has 1 aromatic rings. The number of nitrogens with zero attached hydrogens (tertiary/aromatic N) is 3. The minimum atomic E-state index is -0.0240. The molecule has 2 heterocycles. The van der Waals surface area contributed by atoms with Crippen molar-refractivity contribution in [3.8, 4) is 0 Å². The summed E-state index contributed by atoms with van der Waals surface area (Å²) in [4.78, 5) is 11.8. The monoisotopic (exact) mass is 198 g/mol. The Morgan fingerprint density at radius 1 is 1.54 bits per heavy atom. The van der Waals surface area contributed by atoms with E-state index in [0.29, 0.717) is 5.82 Å². The van der Waals surface area contributed by atoms with E-state index < -0.39 is 0 Å². The number of hydrogen-bond donors (Lipinski definition) is 1. The number of thioether (sulfide) groups is 1. The van der Waals surface area contributed by atoms with Crippen molar-refractivity contribution in [2.75, 3.05) is 23.8 Å². The van der Waals surface area contributed by atoms with E-state index >= 15 is 0 Å². The van der Waals surface area contributed by atoms with Crippen LogP contribution in [0.4, 0.5) is 5.95 Å². The molecule has 0 radical (unpaired) electrons. The van der Waals surface area contributed by atoms with Gasteiger partial charge in [0.2, 0.25) is 5.95 Å². The normalized spacial score (nSPS) is 22.9. The van der Waals surface area contributed by atoms with Gasteiger partial charge in [-0.25, -0.2) is 9.97 Å². The Balaban J connectivity index is 2.14. The highest BCUT2D eigenvalue weighted by molar-refractivity contribution is 7.99. The zero-order valence-corrected chi connectivity index (χ0v) is 7.83. The standard InChI is InChI=1S/C7H10N4OS/c8-7-10-4-9-6(11-7)5-3-13-2-1-12-5/h4-5H,1-3H2,(H2,8,9,10,11). The molecular formula is C7H10N4OS. The van der Waals surface area contributed by atoms with E-state index in [2.05, 4.69) is 15.0 Å². The lowest BCUT2D eigenvalue weighted by molar-refractivity contribution is 0.0693. The largest absolute Gasteiger partial charge is 0.368 e. The van der Waals surface area contributed by atoms with Crippen LogP contribution in [-0.2, 0) is 4.74 Å². The fourth-order valence-electron chi connectivity index (χ4n) is 1.11. The van der Waals surface area contributed by atoms with E-state index in [0.717, 1.165) is 18.1 Å². The molecule has 1 saturated heterocycles. The van der Waals surface area contributed by atoms with E-state index in [9.17, 15) is 0 Å². The summed E-state index contributed by atoms with van der Waals surface area (Å²) in [6.07, 6.45) is 1.39. The van der Waals surface area contributed by atoms with Gasteiger partial charge in [0.1, 0.15) is 12.4 Å². The minimum Gasteiger partial charge on any atom is -0.368 e. The summed E-state index contributed by atoms with van der Waals surface area (Å²) < 4.78 is 5.49. The highest BCUT2D eigenvalue weighted by atomic mass is 32.2. The van der Waals surface area contributed by atoms with Gasteiger partial charge in [0.15, 0.2) is 5.82 Å². The van der Waals surface area contributed by atoms with Crippen LogP contribution >= 0.6 is 11.8 Å². The van der Waals surface area contributed by atoms with Crippen LogP contribution in [0.3, 0.4) is 0 Å². The fourth-order valence-corrected chi connectivity index (χ4v) is 1.95. The number of rotatable bonds is 1. The molecule has 0 aromatic carbocycles. The topological polar surface area (TPSA) is 73.9 Å². The van der Waals surface area contributed by atoms with Crippen LogP contribution < -0.4 is 5.73 Å². The smallest absolute Gasteiger partial charge is 0.223 e. The Labute approximate surface area is 80.1 Å². The molecule has 1 unspecified atom stereocenters. The Morgan fingerprint density at radius 2 is 2.46 bits per heavy atom. The lowest BCUT2D eigenvalue weighted by Gasteiger charge is -2.20. The molecule has 0 aliphatic carbocycles. The van der Waals surface area contributed by atoms with E-state index in [4.69, 9.17) is 10.5 Å². The van der Waals surface area contributed by atoms with Crippen molar-refractivity contribution < 1.29 is 4.74 Å². The Hall–Kier alpha value is -0.880. The SMILES string of the molecule is Nc1ncnc(C2CSCCO2)n1. The van der Waals surface area contributed by atoms with Gasteiger partial charge < -0.3 is 10.5 Å². The van der Waals surface area contributed by atoms with Crippen molar-refractivity contribution in [1.82, 2.24) is 15.0 Å². The maximum Gasteiger partial charge on any atom is 0.223 e. The molecule has 0 bridgehead atoms. The van der Waals surface area contributed by atoms with Gasteiger partial charge in [-0.15, -0.1) is 0 Å². The Kier molecular flexibility index (Phi) is 2.60. The zero-order chi connectivity index (χ0) is 9.10. The average Bonchev–Trinajstić information content (AvgIpc) is 2.19. The van der Waals surface area contributed by atoms with Crippen LogP contribution in [0.5, 0.6) is 0 Å². The minimum absolute atomic E-state index is 0.0240. The van der Waals surface area contributed by atoms with Crippen LogP contribution in [0.25, 0.3) is 0 Å². The van der Waals surface area contributed by atoms with Crippen LogP contribution in [-0.4, -0.2) is 33.1 Å². The summed E-state index contributed by atoms with van der Waals surface area (Å²) in [5.41, 5.74) is 5.44. The maximum atomic E-state index is 5.49. The summed E-state index contributed by atoms with van der Waals surface area (Å²) >= 11 is 1.84. The van der Waals surface area contributed by atoms with E-state index in [1.54, 1.807) is 0 Å². The highest BCUT2D eigenvalue weighted by Crippen LogP contribution is 2.23.